The molecule has 0 fully saturated rings. The molecule has 1 unspecified atom stereocenters. The molecule has 1 rings (SSSR count). The van der Waals surface area contributed by atoms with E-state index in [-0.39, 0.29) is 6.10 Å². The second kappa shape index (κ2) is 4.31. The third-order valence-corrected chi connectivity index (χ3v) is 3.17. The van der Waals surface area contributed by atoms with Gasteiger partial charge in [0.1, 0.15) is 0 Å². The maximum atomic E-state index is 9.23. The molecule has 14 heavy (non-hydrogen) atoms. The summed E-state index contributed by atoms with van der Waals surface area (Å²) in [6.45, 7) is 8.60. The summed E-state index contributed by atoms with van der Waals surface area (Å²) in [5.74, 6) is 0.492. The van der Waals surface area contributed by atoms with E-state index in [0.717, 1.165) is 0 Å². The average Bonchev–Trinajstić information content (AvgIpc) is 2.01. The van der Waals surface area contributed by atoms with Gasteiger partial charge in [0.05, 0.1) is 6.10 Å². The minimum atomic E-state index is -0.333. The van der Waals surface area contributed by atoms with E-state index in [1.807, 2.05) is 6.08 Å². The van der Waals surface area contributed by atoms with Gasteiger partial charge in [-0.25, -0.2) is 0 Å². The number of aliphatic hydroxyl groups excluding tert-OH is 1. The fourth-order valence-electron chi connectivity index (χ4n) is 2.25. The Morgan fingerprint density at radius 1 is 1.57 bits per heavy atom. The van der Waals surface area contributed by atoms with Crippen molar-refractivity contribution in [2.45, 2.75) is 46.6 Å². The molecule has 0 saturated heterocycles. The Balaban J connectivity index is 2.81. The van der Waals surface area contributed by atoms with E-state index in [4.69, 9.17) is 0 Å². The predicted octanol–water partition coefficient (Wildman–Crippen LogP) is 3.31. The van der Waals surface area contributed by atoms with E-state index >= 15 is 0 Å². The summed E-state index contributed by atoms with van der Waals surface area (Å²) in [4.78, 5) is 0. The van der Waals surface area contributed by atoms with Crippen LogP contribution in [0, 0.1) is 11.3 Å². The van der Waals surface area contributed by atoms with Crippen LogP contribution in [0.15, 0.2) is 23.8 Å². The summed E-state index contributed by atoms with van der Waals surface area (Å²) in [5, 5.41) is 9.23. The highest BCUT2D eigenvalue weighted by Gasteiger charge is 2.30. The average molecular weight is 194 g/mol. The van der Waals surface area contributed by atoms with Gasteiger partial charge in [0.2, 0.25) is 0 Å². The highest BCUT2D eigenvalue weighted by atomic mass is 16.3. The summed E-state index contributed by atoms with van der Waals surface area (Å²) < 4.78 is 0. The molecule has 0 amide bonds. The summed E-state index contributed by atoms with van der Waals surface area (Å²) in [6, 6.07) is 0. The monoisotopic (exact) mass is 194 g/mol. The summed E-state index contributed by atoms with van der Waals surface area (Å²) in [7, 11) is 0. The maximum absolute atomic E-state index is 9.23. The molecule has 1 N–H and O–H groups in total. The van der Waals surface area contributed by atoms with Crippen LogP contribution in [0.3, 0.4) is 0 Å². The van der Waals surface area contributed by atoms with E-state index < -0.39 is 0 Å². The van der Waals surface area contributed by atoms with Crippen molar-refractivity contribution in [2.75, 3.05) is 0 Å². The first kappa shape index (κ1) is 11.5. The van der Waals surface area contributed by atoms with Crippen LogP contribution in [-0.2, 0) is 0 Å². The van der Waals surface area contributed by atoms with E-state index in [0.29, 0.717) is 11.3 Å². The zero-order chi connectivity index (χ0) is 10.8. The van der Waals surface area contributed by atoms with Gasteiger partial charge in [-0.15, -0.1) is 0 Å². The van der Waals surface area contributed by atoms with Crippen LogP contribution in [0.25, 0.3) is 0 Å². The molecule has 80 valence electrons. The molecule has 0 bridgehead atoms. The summed E-state index contributed by atoms with van der Waals surface area (Å²) in [6.07, 6.45) is 8.48. The Morgan fingerprint density at radius 2 is 2.21 bits per heavy atom. The highest BCUT2D eigenvalue weighted by molar-refractivity contribution is 5.19. The smallest absolute Gasteiger partial charge is 0.0692 e. The van der Waals surface area contributed by atoms with E-state index in [1.165, 1.54) is 18.4 Å². The number of hydrogen-bond acceptors (Lipinski definition) is 1. The third-order valence-electron chi connectivity index (χ3n) is 3.17. The molecule has 0 aromatic heterocycles. The lowest BCUT2D eigenvalue weighted by Gasteiger charge is -2.36. The molecule has 0 spiro atoms. The Labute approximate surface area is 87.5 Å². The van der Waals surface area contributed by atoms with Gasteiger partial charge >= 0.3 is 0 Å². The van der Waals surface area contributed by atoms with Crippen LogP contribution >= 0.6 is 0 Å². The highest BCUT2D eigenvalue weighted by Crippen LogP contribution is 2.41. The zero-order valence-corrected chi connectivity index (χ0v) is 9.75. The summed E-state index contributed by atoms with van der Waals surface area (Å²) >= 11 is 0. The topological polar surface area (TPSA) is 20.2 Å². The molecule has 1 heteroatoms. The molecular weight excluding hydrogens is 172 g/mol. The second-order valence-electron chi connectivity index (χ2n) is 5.08. The van der Waals surface area contributed by atoms with Crippen molar-refractivity contribution in [1.29, 1.82) is 0 Å². The number of hydrogen-bond donors (Lipinski definition) is 1. The van der Waals surface area contributed by atoms with Gasteiger partial charge in [-0.05, 0) is 32.1 Å². The molecule has 0 heterocycles. The normalized spacial score (nSPS) is 28.9. The minimum absolute atomic E-state index is 0.333. The molecular formula is C13H22O. The molecule has 0 aliphatic heterocycles. The van der Waals surface area contributed by atoms with Crippen LogP contribution in [0.4, 0.5) is 0 Å². The lowest BCUT2D eigenvalue weighted by atomic mass is 9.68. The van der Waals surface area contributed by atoms with Gasteiger partial charge in [-0.3, -0.25) is 0 Å². The Hall–Kier alpha value is -0.560. The molecule has 2 atom stereocenters. The fraction of sp³-hybridized carbons (Fsp3) is 0.692. The first-order valence-corrected chi connectivity index (χ1v) is 5.46. The zero-order valence-electron chi connectivity index (χ0n) is 9.75. The largest absolute Gasteiger partial charge is 0.389 e. The van der Waals surface area contributed by atoms with E-state index in [9.17, 15) is 5.11 Å². The molecule has 0 aromatic rings. The van der Waals surface area contributed by atoms with Crippen molar-refractivity contribution >= 4 is 0 Å². The molecule has 0 aromatic carbocycles. The minimum Gasteiger partial charge on any atom is -0.389 e. The quantitative estimate of drug-likeness (QED) is 0.669. The second-order valence-corrected chi connectivity index (χ2v) is 5.08. The van der Waals surface area contributed by atoms with E-state index in [2.05, 4.69) is 32.9 Å². The number of allylic oxidation sites excluding steroid dienone is 3. The Kier molecular flexibility index (Phi) is 3.54. The van der Waals surface area contributed by atoms with E-state index in [1.54, 1.807) is 6.92 Å². The number of aliphatic hydroxyl groups is 1. The third kappa shape index (κ3) is 2.71. The van der Waals surface area contributed by atoms with Gasteiger partial charge in [0.25, 0.3) is 0 Å². The SMILES string of the molecule is CC1=CCCC(C)(C)C1/C=C/[C@H](C)O. The van der Waals surface area contributed by atoms with Gasteiger partial charge in [-0.2, -0.15) is 0 Å². The first-order valence-electron chi connectivity index (χ1n) is 5.46. The van der Waals surface area contributed by atoms with Crippen LogP contribution in [0.2, 0.25) is 0 Å². The first-order chi connectivity index (χ1) is 6.43. The van der Waals surface area contributed by atoms with Gasteiger partial charge in [0.15, 0.2) is 0 Å². The Morgan fingerprint density at radius 3 is 2.71 bits per heavy atom. The molecule has 0 saturated carbocycles. The van der Waals surface area contributed by atoms with Gasteiger partial charge in [0, 0.05) is 5.92 Å². The van der Waals surface area contributed by atoms with Crippen LogP contribution in [0.1, 0.15) is 40.5 Å². The van der Waals surface area contributed by atoms with Crippen molar-refractivity contribution in [1.82, 2.24) is 0 Å². The van der Waals surface area contributed by atoms with Gasteiger partial charge < -0.3 is 5.11 Å². The van der Waals surface area contributed by atoms with Crippen molar-refractivity contribution in [3.05, 3.63) is 23.8 Å². The molecule has 1 aliphatic carbocycles. The molecule has 1 nitrogen and oxygen atoms in total. The van der Waals surface area contributed by atoms with Gasteiger partial charge in [-0.1, -0.05) is 37.6 Å². The molecule has 1 aliphatic rings. The predicted molar refractivity (Wildman–Crippen MR) is 61.1 cm³/mol. The van der Waals surface area contributed by atoms with Crippen LogP contribution in [0.5, 0.6) is 0 Å². The lowest BCUT2D eigenvalue weighted by Crippen LogP contribution is -2.26. The van der Waals surface area contributed by atoms with Crippen molar-refractivity contribution < 1.29 is 5.11 Å². The molecule has 0 radical (unpaired) electrons. The fourth-order valence-corrected chi connectivity index (χ4v) is 2.25. The number of rotatable bonds is 2. The maximum Gasteiger partial charge on any atom is 0.0692 e. The standard InChI is InChI=1S/C13H22O/c1-10-6-5-9-13(3,4)12(10)8-7-11(2)14/h6-8,11-12,14H,5,9H2,1-4H3/b8-7+/t11-,12?/m0/s1. The van der Waals surface area contributed by atoms with Crippen molar-refractivity contribution in [3.63, 3.8) is 0 Å². The summed E-state index contributed by atoms with van der Waals surface area (Å²) in [5.41, 5.74) is 1.78. The van der Waals surface area contributed by atoms with Crippen molar-refractivity contribution in [3.8, 4) is 0 Å². The lowest BCUT2D eigenvalue weighted by molar-refractivity contribution is 0.234. The van der Waals surface area contributed by atoms with Crippen LogP contribution in [-0.4, -0.2) is 11.2 Å². The van der Waals surface area contributed by atoms with Crippen molar-refractivity contribution in [2.24, 2.45) is 11.3 Å². The Bertz CT molecular complexity index is 246. The van der Waals surface area contributed by atoms with Crippen LogP contribution < -0.4 is 0 Å².